The number of fused-ring (bicyclic) bond motifs is 10. The lowest BCUT2D eigenvalue weighted by molar-refractivity contribution is 0.436. The number of nitrogens with zero attached hydrogens (tertiary/aromatic N) is 2. The van der Waals surface area contributed by atoms with E-state index in [9.17, 15) is 0 Å². The van der Waals surface area contributed by atoms with E-state index < -0.39 is 5.41 Å². The molecule has 2 aliphatic rings. The Kier molecular flexibility index (Phi) is 5.79. The van der Waals surface area contributed by atoms with Crippen molar-refractivity contribution in [3.63, 3.8) is 0 Å². The van der Waals surface area contributed by atoms with E-state index in [2.05, 4.69) is 180 Å². The molecule has 10 rings (SSSR count). The maximum absolute atomic E-state index is 6.61. The van der Waals surface area contributed by atoms with Gasteiger partial charge in [0, 0.05) is 22.3 Å². The monoisotopic (exact) mass is 612 g/mol. The molecular formula is C45H28N2O. The van der Waals surface area contributed by atoms with Crippen LogP contribution in [0.4, 0.5) is 0 Å². The largest absolute Gasteiger partial charge is 0.457 e. The molecule has 224 valence electrons. The Balaban J connectivity index is 1.05. The molecule has 0 bridgehead atoms. The Labute approximate surface area is 278 Å². The van der Waals surface area contributed by atoms with Gasteiger partial charge in [0.2, 0.25) is 0 Å². The number of benzene rings is 7. The number of rotatable bonds is 3. The van der Waals surface area contributed by atoms with Gasteiger partial charge in [-0.05, 0) is 74.5 Å². The van der Waals surface area contributed by atoms with Gasteiger partial charge in [0.05, 0.1) is 16.8 Å². The molecule has 3 heteroatoms. The lowest BCUT2D eigenvalue weighted by Gasteiger charge is -2.39. The van der Waals surface area contributed by atoms with Crippen molar-refractivity contribution >= 4 is 10.8 Å². The molecular weight excluding hydrogens is 585 g/mol. The van der Waals surface area contributed by atoms with Crippen molar-refractivity contribution in [1.82, 2.24) is 10.2 Å². The van der Waals surface area contributed by atoms with Gasteiger partial charge < -0.3 is 4.74 Å². The molecule has 0 N–H and O–H groups in total. The zero-order valence-corrected chi connectivity index (χ0v) is 26.0. The summed E-state index contributed by atoms with van der Waals surface area (Å²) in [5.74, 6) is 1.79. The van der Waals surface area contributed by atoms with Crippen LogP contribution >= 0.6 is 0 Å². The van der Waals surface area contributed by atoms with Crippen molar-refractivity contribution in [1.29, 1.82) is 0 Å². The third-order valence-corrected chi connectivity index (χ3v) is 10.1. The van der Waals surface area contributed by atoms with Crippen LogP contribution < -0.4 is 4.74 Å². The lowest BCUT2D eigenvalue weighted by Crippen LogP contribution is -2.32. The second-order valence-electron chi connectivity index (χ2n) is 12.6. The van der Waals surface area contributed by atoms with Crippen molar-refractivity contribution in [3.05, 3.63) is 192 Å². The molecule has 48 heavy (non-hydrogen) atoms. The maximum atomic E-state index is 6.61. The molecule has 0 fully saturated rings. The zero-order chi connectivity index (χ0) is 31.7. The van der Waals surface area contributed by atoms with Crippen LogP contribution in [0.25, 0.3) is 55.5 Å². The van der Waals surface area contributed by atoms with Crippen LogP contribution in [0.5, 0.6) is 11.5 Å². The van der Waals surface area contributed by atoms with Crippen LogP contribution in [0.1, 0.15) is 22.3 Å². The van der Waals surface area contributed by atoms with Crippen LogP contribution in [-0.2, 0) is 5.41 Å². The van der Waals surface area contributed by atoms with Gasteiger partial charge in [0.15, 0.2) is 0 Å². The second-order valence-corrected chi connectivity index (χ2v) is 12.6. The SMILES string of the molecule is c1ccc2c(c1)Oc1ccc(-c3ccc(-c4ccc(-c5cccc6ccccc56)nn4)cc3)cc1C21c2ccccc2-c2ccccc21. The molecule has 0 unspecified atom stereocenters. The Bertz CT molecular complexity index is 2480. The summed E-state index contributed by atoms with van der Waals surface area (Å²) in [4.78, 5) is 0. The van der Waals surface area contributed by atoms with Crippen LogP contribution in [0.3, 0.4) is 0 Å². The molecule has 0 radical (unpaired) electrons. The maximum Gasteiger partial charge on any atom is 0.132 e. The number of aromatic nitrogens is 2. The second kappa shape index (κ2) is 10.3. The van der Waals surface area contributed by atoms with Gasteiger partial charge >= 0.3 is 0 Å². The van der Waals surface area contributed by atoms with Gasteiger partial charge in [-0.1, -0.05) is 140 Å². The number of ether oxygens (including phenoxy) is 1. The van der Waals surface area contributed by atoms with Gasteiger partial charge in [0.1, 0.15) is 11.5 Å². The highest BCUT2D eigenvalue weighted by molar-refractivity contribution is 5.96. The highest BCUT2D eigenvalue weighted by Crippen LogP contribution is 2.62. The first-order valence-corrected chi connectivity index (χ1v) is 16.3. The number of para-hydroxylation sites is 1. The normalized spacial score (nSPS) is 13.3. The minimum Gasteiger partial charge on any atom is -0.457 e. The smallest absolute Gasteiger partial charge is 0.132 e. The molecule has 7 aromatic carbocycles. The molecule has 0 amide bonds. The van der Waals surface area contributed by atoms with E-state index >= 15 is 0 Å². The third kappa shape index (κ3) is 3.82. The van der Waals surface area contributed by atoms with Crippen LogP contribution in [0, 0.1) is 0 Å². The summed E-state index contributed by atoms with van der Waals surface area (Å²) in [6.07, 6.45) is 0. The summed E-state index contributed by atoms with van der Waals surface area (Å²) in [5.41, 5.74) is 13.1. The third-order valence-electron chi connectivity index (χ3n) is 10.1. The van der Waals surface area contributed by atoms with Crippen LogP contribution in [-0.4, -0.2) is 10.2 Å². The summed E-state index contributed by atoms with van der Waals surface area (Å²) in [5, 5.41) is 11.6. The number of hydrogen-bond acceptors (Lipinski definition) is 3. The quantitative estimate of drug-likeness (QED) is 0.199. The topological polar surface area (TPSA) is 35.0 Å². The van der Waals surface area contributed by atoms with Gasteiger partial charge in [-0.3, -0.25) is 0 Å². The predicted octanol–water partition coefficient (Wildman–Crippen LogP) is 11.1. The fourth-order valence-electron chi connectivity index (χ4n) is 7.95. The molecule has 0 saturated heterocycles. The van der Waals surface area contributed by atoms with Crippen molar-refractivity contribution in [3.8, 4) is 56.3 Å². The average Bonchev–Trinajstić information content (AvgIpc) is 3.45. The Morgan fingerprint density at radius 2 is 0.938 bits per heavy atom. The highest BCUT2D eigenvalue weighted by atomic mass is 16.5. The summed E-state index contributed by atoms with van der Waals surface area (Å²) in [7, 11) is 0. The Morgan fingerprint density at radius 3 is 1.71 bits per heavy atom. The lowest BCUT2D eigenvalue weighted by atomic mass is 9.66. The van der Waals surface area contributed by atoms with E-state index in [4.69, 9.17) is 4.74 Å². The first-order chi connectivity index (χ1) is 23.8. The molecule has 1 spiro atoms. The molecule has 1 aliphatic carbocycles. The van der Waals surface area contributed by atoms with Crippen molar-refractivity contribution in [2.75, 3.05) is 0 Å². The Morgan fingerprint density at radius 1 is 0.375 bits per heavy atom. The standard InChI is InChI=1S/C45H28N2O/c1-2-12-33-30(10-1)11-9-15-36(33)42-26-25-41(46-47-42)31-22-20-29(21-23-31)32-24-27-44-40(28-32)45(39-18-7-8-19-43(39)48-44)37-16-5-3-13-34(37)35-14-4-6-17-38(35)45/h1-28H. The van der Waals surface area contributed by atoms with Gasteiger partial charge in [-0.25, -0.2) is 0 Å². The van der Waals surface area contributed by atoms with Crippen LogP contribution in [0.2, 0.25) is 0 Å². The van der Waals surface area contributed by atoms with E-state index in [0.717, 1.165) is 50.7 Å². The van der Waals surface area contributed by atoms with E-state index in [-0.39, 0.29) is 0 Å². The van der Waals surface area contributed by atoms with Crippen LogP contribution in [0.15, 0.2) is 170 Å². The summed E-state index contributed by atoms with van der Waals surface area (Å²) >= 11 is 0. The van der Waals surface area contributed by atoms with E-state index in [1.165, 1.54) is 38.6 Å². The molecule has 8 aromatic rings. The molecule has 2 heterocycles. The highest BCUT2D eigenvalue weighted by Gasteiger charge is 2.50. The zero-order valence-electron chi connectivity index (χ0n) is 26.0. The fourth-order valence-corrected chi connectivity index (χ4v) is 7.95. The van der Waals surface area contributed by atoms with Gasteiger partial charge in [0.25, 0.3) is 0 Å². The first-order valence-electron chi connectivity index (χ1n) is 16.3. The Hall–Kier alpha value is -6.32. The number of hydrogen-bond donors (Lipinski definition) is 0. The molecule has 0 atom stereocenters. The van der Waals surface area contributed by atoms with Crippen molar-refractivity contribution < 1.29 is 4.74 Å². The van der Waals surface area contributed by atoms with E-state index in [0.29, 0.717) is 0 Å². The van der Waals surface area contributed by atoms with Gasteiger partial charge in [-0.15, -0.1) is 10.2 Å². The average molecular weight is 613 g/mol. The fraction of sp³-hybridized carbons (Fsp3) is 0.0222. The summed E-state index contributed by atoms with van der Waals surface area (Å²) < 4.78 is 6.61. The summed E-state index contributed by atoms with van der Waals surface area (Å²) in [6, 6.07) is 60.3. The summed E-state index contributed by atoms with van der Waals surface area (Å²) in [6.45, 7) is 0. The van der Waals surface area contributed by atoms with E-state index in [1.807, 2.05) is 0 Å². The molecule has 0 saturated carbocycles. The predicted molar refractivity (Wildman–Crippen MR) is 193 cm³/mol. The minimum absolute atomic E-state index is 0.477. The van der Waals surface area contributed by atoms with Crippen molar-refractivity contribution in [2.24, 2.45) is 0 Å². The molecule has 1 aliphatic heterocycles. The van der Waals surface area contributed by atoms with Crippen molar-refractivity contribution in [2.45, 2.75) is 5.41 Å². The molecule has 3 nitrogen and oxygen atoms in total. The first kappa shape index (κ1) is 26.9. The van der Waals surface area contributed by atoms with Gasteiger partial charge in [-0.2, -0.15) is 0 Å². The van der Waals surface area contributed by atoms with E-state index in [1.54, 1.807) is 0 Å². The minimum atomic E-state index is -0.477. The molecule has 1 aromatic heterocycles.